The number of fused-ring (bicyclic) bond motifs is 1. The first-order valence-corrected chi connectivity index (χ1v) is 7.79. The first-order valence-electron chi connectivity index (χ1n) is 7.79. The van der Waals surface area contributed by atoms with Gasteiger partial charge in [-0.3, -0.25) is 9.20 Å². The molecular weight excluding hydrogens is 288 g/mol. The molecule has 1 N–H and O–H groups in total. The number of nitrogens with one attached hydrogen (secondary N) is 1. The summed E-state index contributed by atoms with van der Waals surface area (Å²) in [5.41, 5.74) is 3.88. The van der Waals surface area contributed by atoms with E-state index < -0.39 is 0 Å². The van der Waals surface area contributed by atoms with E-state index in [2.05, 4.69) is 15.5 Å². The maximum Gasteiger partial charge on any atom is 0.251 e. The lowest BCUT2D eigenvalue weighted by molar-refractivity contribution is 0.0953. The van der Waals surface area contributed by atoms with E-state index in [1.807, 2.05) is 60.8 Å². The molecule has 118 valence electrons. The van der Waals surface area contributed by atoms with Crippen LogP contribution in [0.1, 0.15) is 33.7 Å². The summed E-state index contributed by atoms with van der Waals surface area (Å²) in [4.78, 5) is 12.1. The minimum Gasteiger partial charge on any atom is -0.352 e. The van der Waals surface area contributed by atoms with E-state index in [1.165, 1.54) is 5.56 Å². The van der Waals surface area contributed by atoms with Crippen LogP contribution in [0.5, 0.6) is 0 Å². The predicted octanol–water partition coefficient (Wildman–Crippen LogP) is 2.71. The second-order valence-corrected chi connectivity index (χ2v) is 5.70. The molecule has 5 nitrogen and oxygen atoms in total. The van der Waals surface area contributed by atoms with Crippen molar-refractivity contribution in [1.82, 2.24) is 19.9 Å². The summed E-state index contributed by atoms with van der Waals surface area (Å²) >= 11 is 0. The molecule has 0 spiro atoms. The first kappa shape index (κ1) is 15.2. The minimum atomic E-state index is -0.0285. The molecule has 2 heterocycles. The van der Waals surface area contributed by atoms with E-state index in [-0.39, 0.29) is 5.91 Å². The van der Waals surface area contributed by atoms with Crippen LogP contribution >= 0.6 is 0 Å². The minimum absolute atomic E-state index is 0.0285. The van der Waals surface area contributed by atoms with Crippen molar-refractivity contribution in [2.75, 3.05) is 6.54 Å². The van der Waals surface area contributed by atoms with Gasteiger partial charge in [0.1, 0.15) is 5.82 Å². The lowest BCUT2D eigenvalue weighted by Crippen LogP contribution is -2.25. The van der Waals surface area contributed by atoms with E-state index in [0.29, 0.717) is 12.1 Å². The normalized spacial score (nSPS) is 10.9. The van der Waals surface area contributed by atoms with Crippen LogP contribution in [0.15, 0.2) is 42.6 Å². The number of pyridine rings is 1. The Bertz CT molecular complexity index is 838. The van der Waals surface area contributed by atoms with Gasteiger partial charge in [-0.05, 0) is 55.7 Å². The van der Waals surface area contributed by atoms with E-state index in [9.17, 15) is 4.79 Å². The molecule has 1 aromatic carbocycles. The molecule has 0 fully saturated rings. The Labute approximate surface area is 135 Å². The third-order valence-electron chi connectivity index (χ3n) is 4.02. The van der Waals surface area contributed by atoms with Gasteiger partial charge in [-0.15, -0.1) is 10.2 Å². The molecule has 0 bridgehead atoms. The highest BCUT2D eigenvalue weighted by atomic mass is 16.1. The van der Waals surface area contributed by atoms with Gasteiger partial charge in [-0.1, -0.05) is 12.1 Å². The van der Waals surface area contributed by atoms with Gasteiger partial charge < -0.3 is 5.32 Å². The van der Waals surface area contributed by atoms with Crippen molar-refractivity contribution in [1.29, 1.82) is 0 Å². The second kappa shape index (κ2) is 6.60. The van der Waals surface area contributed by atoms with E-state index in [1.54, 1.807) is 0 Å². The molecule has 23 heavy (non-hydrogen) atoms. The zero-order chi connectivity index (χ0) is 16.2. The van der Waals surface area contributed by atoms with E-state index in [4.69, 9.17) is 0 Å². The highest BCUT2D eigenvalue weighted by molar-refractivity contribution is 5.94. The van der Waals surface area contributed by atoms with Gasteiger partial charge >= 0.3 is 0 Å². The summed E-state index contributed by atoms with van der Waals surface area (Å²) in [7, 11) is 0. The fourth-order valence-corrected chi connectivity index (χ4v) is 2.49. The largest absolute Gasteiger partial charge is 0.352 e. The van der Waals surface area contributed by atoms with Crippen LogP contribution in [0.25, 0.3) is 5.65 Å². The summed E-state index contributed by atoms with van der Waals surface area (Å²) in [6.07, 6.45) is 3.56. The zero-order valence-corrected chi connectivity index (χ0v) is 13.4. The molecule has 0 atom stereocenters. The number of aromatic nitrogens is 3. The van der Waals surface area contributed by atoms with Crippen molar-refractivity contribution >= 4 is 11.6 Å². The number of hydrogen-bond donors (Lipinski definition) is 1. The van der Waals surface area contributed by atoms with Crippen molar-refractivity contribution in [2.24, 2.45) is 0 Å². The number of carbonyl (C=O) groups is 1. The number of nitrogens with zero attached hydrogens (tertiary/aromatic N) is 3. The van der Waals surface area contributed by atoms with E-state index >= 15 is 0 Å². The fourth-order valence-electron chi connectivity index (χ4n) is 2.49. The number of rotatable bonds is 5. The molecule has 5 heteroatoms. The molecule has 3 aromatic rings. The lowest BCUT2D eigenvalue weighted by Gasteiger charge is -2.07. The molecule has 0 unspecified atom stereocenters. The monoisotopic (exact) mass is 308 g/mol. The van der Waals surface area contributed by atoms with Crippen LogP contribution in [0.2, 0.25) is 0 Å². The maximum atomic E-state index is 12.1. The molecule has 3 rings (SSSR count). The average Bonchev–Trinajstić information content (AvgIpc) is 2.97. The smallest absolute Gasteiger partial charge is 0.251 e. The van der Waals surface area contributed by atoms with Crippen molar-refractivity contribution in [2.45, 2.75) is 26.7 Å². The average molecular weight is 308 g/mol. The molecule has 0 saturated carbocycles. The standard InChI is InChI=1S/C18H20N4O/c1-13-8-9-15(12-14(13)2)18(23)19-10-5-7-17-21-20-16-6-3-4-11-22(16)17/h3-4,6,8-9,11-12H,5,7,10H2,1-2H3,(H,19,23). The SMILES string of the molecule is Cc1ccc(C(=O)NCCCc2nnc3ccccn23)cc1C. The Morgan fingerprint density at radius 3 is 2.83 bits per heavy atom. The molecular formula is C18H20N4O. The van der Waals surface area contributed by atoms with Crippen LogP contribution < -0.4 is 5.32 Å². The topological polar surface area (TPSA) is 59.3 Å². The van der Waals surface area contributed by atoms with Crippen LogP contribution in [0.4, 0.5) is 0 Å². The highest BCUT2D eigenvalue weighted by Gasteiger charge is 2.07. The Balaban J connectivity index is 1.53. The summed E-state index contributed by atoms with van der Waals surface area (Å²) in [5, 5.41) is 11.3. The molecule has 0 aliphatic carbocycles. The van der Waals surface area contributed by atoms with Gasteiger partial charge in [-0.2, -0.15) is 0 Å². The van der Waals surface area contributed by atoms with Gasteiger partial charge in [0.2, 0.25) is 0 Å². The number of aryl methyl sites for hydroxylation is 3. The van der Waals surface area contributed by atoms with Crippen LogP contribution in [-0.2, 0) is 6.42 Å². The Morgan fingerprint density at radius 2 is 2.00 bits per heavy atom. The molecule has 0 aliphatic heterocycles. The Morgan fingerprint density at radius 1 is 1.13 bits per heavy atom. The van der Waals surface area contributed by atoms with Crippen LogP contribution in [0.3, 0.4) is 0 Å². The summed E-state index contributed by atoms with van der Waals surface area (Å²) in [5.74, 6) is 0.889. The van der Waals surface area contributed by atoms with Gasteiger partial charge in [-0.25, -0.2) is 0 Å². The lowest BCUT2D eigenvalue weighted by atomic mass is 10.1. The fraction of sp³-hybridized carbons (Fsp3) is 0.278. The highest BCUT2D eigenvalue weighted by Crippen LogP contribution is 2.10. The second-order valence-electron chi connectivity index (χ2n) is 5.70. The van der Waals surface area contributed by atoms with Gasteiger partial charge in [0.25, 0.3) is 5.91 Å². The van der Waals surface area contributed by atoms with Crippen molar-refractivity contribution in [3.8, 4) is 0 Å². The van der Waals surface area contributed by atoms with Crippen molar-refractivity contribution in [3.05, 3.63) is 65.1 Å². The predicted molar refractivity (Wildman–Crippen MR) is 89.6 cm³/mol. The molecule has 1 amide bonds. The summed E-state index contributed by atoms with van der Waals surface area (Å²) in [6.45, 7) is 4.68. The number of carbonyl (C=O) groups excluding carboxylic acids is 1. The molecule has 0 aliphatic rings. The molecule has 0 radical (unpaired) electrons. The van der Waals surface area contributed by atoms with Crippen LogP contribution in [0, 0.1) is 13.8 Å². The number of benzene rings is 1. The zero-order valence-electron chi connectivity index (χ0n) is 13.4. The third-order valence-corrected chi connectivity index (χ3v) is 4.02. The summed E-state index contributed by atoms with van der Waals surface area (Å²) in [6, 6.07) is 11.6. The van der Waals surface area contributed by atoms with Crippen molar-refractivity contribution in [3.63, 3.8) is 0 Å². The van der Waals surface area contributed by atoms with Crippen LogP contribution in [-0.4, -0.2) is 27.0 Å². The maximum absolute atomic E-state index is 12.1. The van der Waals surface area contributed by atoms with Gasteiger partial charge in [0, 0.05) is 24.7 Å². The quantitative estimate of drug-likeness (QED) is 0.737. The van der Waals surface area contributed by atoms with Crippen molar-refractivity contribution < 1.29 is 4.79 Å². The third kappa shape index (κ3) is 3.39. The van der Waals surface area contributed by atoms with E-state index in [0.717, 1.165) is 29.9 Å². The summed E-state index contributed by atoms with van der Waals surface area (Å²) < 4.78 is 1.98. The molecule has 2 aromatic heterocycles. The number of hydrogen-bond acceptors (Lipinski definition) is 3. The Kier molecular flexibility index (Phi) is 4.37. The van der Waals surface area contributed by atoms with Gasteiger partial charge in [0.05, 0.1) is 0 Å². The first-order chi connectivity index (χ1) is 11.1. The number of amides is 1. The van der Waals surface area contributed by atoms with Gasteiger partial charge in [0.15, 0.2) is 5.65 Å². The Hall–Kier alpha value is -2.69. The molecule has 0 saturated heterocycles.